The maximum absolute atomic E-state index is 10.9. The highest BCUT2D eigenvalue weighted by Crippen LogP contribution is 1.75. The molecule has 5 nitrogen and oxygen atoms in total. The predicted octanol–water partition coefficient (Wildman–Crippen LogP) is -0.886. The van der Waals surface area contributed by atoms with Crippen molar-refractivity contribution in [3.05, 3.63) is 0 Å². The lowest BCUT2D eigenvalue weighted by Crippen LogP contribution is -2.31. The molecule has 1 amide bonds. The van der Waals surface area contributed by atoms with Gasteiger partial charge in [0.25, 0.3) is 0 Å². The Balaban J connectivity index is 3.11. The van der Waals surface area contributed by atoms with Gasteiger partial charge >= 0.3 is 0 Å². The fourth-order valence-corrected chi connectivity index (χ4v) is 0.706. The first-order valence-corrected chi connectivity index (χ1v) is 4.43. The average Bonchev–Trinajstić information content (AvgIpc) is 2.13. The van der Waals surface area contributed by atoms with Gasteiger partial charge in [-0.3, -0.25) is 4.79 Å². The van der Waals surface area contributed by atoms with Crippen LogP contribution < -0.4 is 11.1 Å². The van der Waals surface area contributed by atoms with Crippen LogP contribution in [-0.2, 0) is 14.3 Å². The van der Waals surface area contributed by atoms with Gasteiger partial charge in [-0.05, 0) is 6.92 Å². The SMILES string of the molecule is CCOCCNC(=O)COCCN. The van der Waals surface area contributed by atoms with Crippen molar-refractivity contribution >= 4 is 5.91 Å². The molecular weight excluding hydrogens is 172 g/mol. The van der Waals surface area contributed by atoms with E-state index in [9.17, 15) is 4.79 Å². The lowest BCUT2D eigenvalue weighted by atomic mass is 10.6. The molecule has 0 bridgehead atoms. The molecule has 0 radical (unpaired) electrons. The molecule has 0 saturated heterocycles. The molecule has 0 fully saturated rings. The van der Waals surface area contributed by atoms with Crippen molar-refractivity contribution in [3.63, 3.8) is 0 Å². The van der Waals surface area contributed by atoms with E-state index >= 15 is 0 Å². The second-order valence-electron chi connectivity index (χ2n) is 2.39. The summed E-state index contributed by atoms with van der Waals surface area (Å²) in [6, 6.07) is 0. The van der Waals surface area contributed by atoms with E-state index < -0.39 is 0 Å². The quantitative estimate of drug-likeness (QED) is 0.487. The van der Waals surface area contributed by atoms with Crippen molar-refractivity contribution in [2.24, 2.45) is 5.73 Å². The third kappa shape index (κ3) is 9.26. The van der Waals surface area contributed by atoms with Gasteiger partial charge in [0.2, 0.25) is 5.91 Å². The monoisotopic (exact) mass is 190 g/mol. The van der Waals surface area contributed by atoms with Crippen molar-refractivity contribution in [3.8, 4) is 0 Å². The number of carbonyl (C=O) groups excluding carboxylic acids is 1. The Morgan fingerprint density at radius 3 is 2.77 bits per heavy atom. The van der Waals surface area contributed by atoms with Crippen molar-refractivity contribution < 1.29 is 14.3 Å². The molecule has 0 aromatic carbocycles. The van der Waals surface area contributed by atoms with Crippen LogP contribution in [0.15, 0.2) is 0 Å². The van der Waals surface area contributed by atoms with Gasteiger partial charge in [0, 0.05) is 19.7 Å². The highest BCUT2D eigenvalue weighted by molar-refractivity contribution is 5.77. The highest BCUT2D eigenvalue weighted by atomic mass is 16.5. The number of hydrogen-bond acceptors (Lipinski definition) is 4. The predicted molar refractivity (Wildman–Crippen MR) is 49.4 cm³/mol. The van der Waals surface area contributed by atoms with Crippen LogP contribution >= 0.6 is 0 Å². The van der Waals surface area contributed by atoms with Crippen molar-refractivity contribution in [1.82, 2.24) is 5.32 Å². The van der Waals surface area contributed by atoms with Crippen LogP contribution in [0.4, 0.5) is 0 Å². The second-order valence-corrected chi connectivity index (χ2v) is 2.39. The minimum Gasteiger partial charge on any atom is -0.380 e. The van der Waals surface area contributed by atoms with Gasteiger partial charge in [-0.2, -0.15) is 0 Å². The van der Waals surface area contributed by atoms with Gasteiger partial charge in [-0.1, -0.05) is 0 Å². The van der Waals surface area contributed by atoms with Gasteiger partial charge in [0.1, 0.15) is 6.61 Å². The summed E-state index contributed by atoms with van der Waals surface area (Å²) in [6.45, 7) is 4.57. The number of rotatable bonds is 8. The second kappa shape index (κ2) is 9.44. The zero-order valence-corrected chi connectivity index (χ0v) is 8.04. The Kier molecular flexibility index (Phi) is 8.97. The van der Waals surface area contributed by atoms with Crippen LogP contribution in [0.25, 0.3) is 0 Å². The van der Waals surface area contributed by atoms with Gasteiger partial charge in [0.15, 0.2) is 0 Å². The molecule has 0 heterocycles. The van der Waals surface area contributed by atoms with Gasteiger partial charge in [-0.15, -0.1) is 0 Å². The number of ether oxygens (including phenoxy) is 2. The molecule has 0 spiro atoms. The number of nitrogens with one attached hydrogen (secondary N) is 1. The number of amides is 1. The third-order valence-electron chi connectivity index (χ3n) is 1.27. The van der Waals surface area contributed by atoms with Crippen LogP contribution in [0.5, 0.6) is 0 Å². The zero-order chi connectivity index (χ0) is 9.94. The maximum Gasteiger partial charge on any atom is 0.246 e. The summed E-state index contributed by atoms with van der Waals surface area (Å²) in [7, 11) is 0. The van der Waals surface area contributed by atoms with Crippen LogP contribution in [0, 0.1) is 0 Å². The van der Waals surface area contributed by atoms with E-state index in [4.69, 9.17) is 15.2 Å². The van der Waals surface area contributed by atoms with Crippen LogP contribution in [0.2, 0.25) is 0 Å². The number of hydrogen-bond donors (Lipinski definition) is 2. The minimum absolute atomic E-state index is 0.0727. The van der Waals surface area contributed by atoms with Crippen LogP contribution in [-0.4, -0.2) is 45.4 Å². The standard InChI is InChI=1S/C8H18N2O3/c1-2-12-6-4-10-8(11)7-13-5-3-9/h2-7,9H2,1H3,(H,10,11). The Morgan fingerprint density at radius 2 is 2.15 bits per heavy atom. The Labute approximate surface area is 78.6 Å². The van der Waals surface area contributed by atoms with Gasteiger partial charge in [-0.25, -0.2) is 0 Å². The van der Waals surface area contributed by atoms with Crippen molar-refractivity contribution in [2.75, 3.05) is 39.5 Å². The van der Waals surface area contributed by atoms with E-state index in [-0.39, 0.29) is 12.5 Å². The van der Waals surface area contributed by atoms with E-state index in [0.717, 1.165) is 0 Å². The third-order valence-corrected chi connectivity index (χ3v) is 1.27. The van der Waals surface area contributed by atoms with Crippen LogP contribution in [0.3, 0.4) is 0 Å². The van der Waals surface area contributed by atoms with Gasteiger partial charge < -0.3 is 20.5 Å². The minimum atomic E-state index is -0.131. The zero-order valence-electron chi connectivity index (χ0n) is 8.04. The molecule has 0 aromatic heterocycles. The summed E-state index contributed by atoms with van der Waals surface area (Å²) in [4.78, 5) is 10.9. The summed E-state index contributed by atoms with van der Waals surface area (Å²) in [6.07, 6.45) is 0. The number of nitrogens with two attached hydrogens (primary N) is 1. The summed E-state index contributed by atoms with van der Waals surface area (Å²) < 4.78 is 9.96. The highest BCUT2D eigenvalue weighted by Gasteiger charge is 1.98. The Morgan fingerprint density at radius 1 is 1.38 bits per heavy atom. The van der Waals surface area contributed by atoms with E-state index in [1.807, 2.05) is 6.92 Å². The molecular formula is C8H18N2O3. The van der Waals surface area contributed by atoms with Gasteiger partial charge in [0.05, 0.1) is 13.2 Å². The van der Waals surface area contributed by atoms with E-state index in [1.54, 1.807) is 0 Å². The first-order chi connectivity index (χ1) is 6.31. The molecule has 0 unspecified atom stereocenters. The molecule has 0 aliphatic rings. The molecule has 0 atom stereocenters. The van der Waals surface area contributed by atoms with E-state index in [1.165, 1.54) is 0 Å². The summed E-state index contributed by atoms with van der Waals surface area (Å²) >= 11 is 0. The fraction of sp³-hybridized carbons (Fsp3) is 0.875. The number of carbonyl (C=O) groups is 1. The van der Waals surface area contributed by atoms with E-state index in [2.05, 4.69) is 5.32 Å². The molecule has 13 heavy (non-hydrogen) atoms. The molecule has 78 valence electrons. The largest absolute Gasteiger partial charge is 0.380 e. The first-order valence-electron chi connectivity index (χ1n) is 4.43. The summed E-state index contributed by atoms with van der Waals surface area (Å²) in [5.41, 5.74) is 5.18. The van der Waals surface area contributed by atoms with Crippen molar-refractivity contribution in [1.29, 1.82) is 0 Å². The first kappa shape index (κ1) is 12.3. The van der Waals surface area contributed by atoms with Crippen molar-refractivity contribution in [2.45, 2.75) is 6.92 Å². The lowest BCUT2D eigenvalue weighted by molar-refractivity contribution is -0.125. The molecule has 0 aromatic rings. The normalized spacial score (nSPS) is 10.0. The Bertz CT molecular complexity index is 131. The molecule has 0 saturated carbocycles. The molecule has 0 rings (SSSR count). The topological polar surface area (TPSA) is 73.6 Å². The molecule has 0 aliphatic heterocycles. The summed E-state index contributed by atoms with van der Waals surface area (Å²) in [5, 5.41) is 2.65. The maximum atomic E-state index is 10.9. The average molecular weight is 190 g/mol. The Hall–Kier alpha value is -0.650. The van der Waals surface area contributed by atoms with Crippen LogP contribution in [0.1, 0.15) is 6.92 Å². The molecule has 0 aliphatic carbocycles. The van der Waals surface area contributed by atoms with E-state index in [0.29, 0.717) is 32.9 Å². The molecule has 5 heteroatoms. The molecule has 3 N–H and O–H groups in total. The smallest absolute Gasteiger partial charge is 0.246 e. The lowest BCUT2D eigenvalue weighted by Gasteiger charge is -2.05. The summed E-state index contributed by atoms with van der Waals surface area (Å²) in [5.74, 6) is -0.131. The fourth-order valence-electron chi connectivity index (χ4n) is 0.706.